The SMILES string of the molecule is CCCCN(CCO)C(=O)c1cnn(C)c1N. The largest absolute Gasteiger partial charge is 0.395 e. The number of anilines is 1. The van der Waals surface area contributed by atoms with E-state index in [0.717, 1.165) is 12.8 Å². The third-order valence-corrected chi connectivity index (χ3v) is 2.65. The number of aliphatic hydroxyl groups is 1. The number of unbranched alkanes of at least 4 members (excludes halogenated alkanes) is 1. The summed E-state index contributed by atoms with van der Waals surface area (Å²) in [6, 6.07) is 0. The van der Waals surface area contributed by atoms with Crippen molar-refractivity contribution in [1.29, 1.82) is 0 Å². The quantitative estimate of drug-likeness (QED) is 0.746. The van der Waals surface area contributed by atoms with Crippen molar-refractivity contribution in [1.82, 2.24) is 14.7 Å². The van der Waals surface area contributed by atoms with Crippen LogP contribution < -0.4 is 5.73 Å². The highest BCUT2D eigenvalue weighted by Gasteiger charge is 2.19. The number of amides is 1. The summed E-state index contributed by atoms with van der Waals surface area (Å²) in [6.45, 7) is 2.97. The number of hydrogen-bond acceptors (Lipinski definition) is 4. The lowest BCUT2D eigenvalue weighted by Gasteiger charge is -2.21. The molecule has 0 saturated heterocycles. The predicted octanol–water partition coefficient (Wildman–Crippen LogP) is 0.237. The van der Waals surface area contributed by atoms with E-state index < -0.39 is 0 Å². The number of carbonyl (C=O) groups is 1. The molecule has 3 N–H and O–H groups in total. The van der Waals surface area contributed by atoms with Gasteiger partial charge in [0.15, 0.2) is 0 Å². The van der Waals surface area contributed by atoms with Crippen LogP contribution in [0.15, 0.2) is 6.20 Å². The minimum atomic E-state index is -0.168. The minimum absolute atomic E-state index is 0.0460. The molecule has 0 radical (unpaired) electrons. The van der Waals surface area contributed by atoms with Crippen LogP contribution in [0.4, 0.5) is 5.82 Å². The van der Waals surface area contributed by atoms with Gasteiger partial charge in [-0.3, -0.25) is 9.48 Å². The van der Waals surface area contributed by atoms with Gasteiger partial charge < -0.3 is 15.7 Å². The summed E-state index contributed by atoms with van der Waals surface area (Å²) in [5, 5.41) is 12.9. The van der Waals surface area contributed by atoms with Crippen LogP contribution in [0.25, 0.3) is 0 Å². The lowest BCUT2D eigenvalue weighted by molar-refractivity contribution is 0.0720. The summed E-state index contributed by atoms with van der Waals surface area (Å²) in [7, 11) is 1.69. The topological polar surface area (TPSA) is 84.4 Å². The maximum atomic E-state index is 12.2. The molecular weight excluding hydrogens is 220 g/mol. The average Bonchev–Trinajstić information content (AvgIpc) is 2.65. The zero-order valence-corrected chi connectivity index (χ0v) is 10.4. The number of rotatable bonds is 6. The highest BCUT2D eigenvalue weighted by atomic mass is 16.3. The number of nitrogen functional groups attached to an aromatic ring is 1. The fourth-order valence-electron chi connectivity index (χ4n) is 1.57. The van der Waals surface area contributed by atoms with E-state index in [0.29, 0.717) is 24.5 Å². The Morgan fingerprint density at radius 2 is 2.29 bits per heavy atom. The van der Waals surface area contributed by atoms with Crippen molar-refractivity contribution in [3.05, 3.63) is 11.8 Å². The first kappa shape index (κ1) is 13.5. The number of nitrogens with two attached hydrogens (primary N) is 1. The number of nitrogens with zero attached hydrogens (tertiary/aromatic N) is 3. The van der Waals surface area contributed by atoms with E-state index in [1.165, 1.54) is 10.9 Å². The Kier molecular flexibility index (Phi) is 4.96. The molecule has 0 aliphatic rings. The number of aliphatic hydroxyl groups excluding tert-OH is 1. The molecular formula is C11H20N4O2. The van der Waals surface area contributed by atoms with Gasteiger partial charge in [0.2, 0.25) is 0 Å². The Bertz CT molecular complexity index is 376. The molecule has 17 heavy (non-hydrogen) atoms. The van der Waals surface area contributed by atoms with Gasteiger partial charge in [-0.1, -0.05) is 13.3 Å². The number of aromatic nitrogens is 2. The summed E-state index contributed by atoms with van der Waals surface area (Å²) < 4.78 is 1.46. The van der Waals surface area contributed by atoms with Crippen molar-refractivity contribution in [3.8, 4) is 0 Å². The van der Waals surface area contributed by atoms with Gasteiger partial charge in [0.1, 0.15) is 11.4 Å². The standard InChI is InChI=1S/C11H20N4O2/c1-3-4-5-15(6-7-16)11(17)9-8-13-14(2)10(9)12/h8,16H,3-7,12H2,1-2H3. The van der Waals surface area contributed by atoms with Gasteiger partial charge >= 0.3 is 0 Å². The van der Waals surface area contributed by atoms with Gasteiger partial charge in [-0.15, -0.1) is 0 Å². The summed E-state index contributed by atoms with van der Waals surface area (Å²) >= 11 is 0. The van der Waals surface area contributed by atoms with E-state index in [1.807, 2.05) is 0 Å². The first-order chi connectivity index (χ1) is 8.11. The van der Waals surface area contributed by atoms with Crippen LogP contribution in [-0.2, 0) is 7.05 Å². The van der Waals surface area contributed by atoms with Gasteiger partial charge in [0.05, 0.1) is 12.8 Å². The van der Waals surface area contributed by atoms with Crippen LogP contribution in [-0.4, -0.2) is 45.4 Å². The number of hydrogen-bond donors (Lipinski definition) is 2. The van der Waals surface area contributed by atoms with Crippen LogP contribution in [0.1, 0.15) is 30.1 Å². The second-order valence-corrected chi connectivity index (χ2v) is 3.94. The van der Waals surface area contributed by atoms with E-state index >= 15 is 0 Å². The molecule has 1 aromatic rings. The zero-order chi connectivity index (χ0) is 12.8. The Balaban J connectivity index is 2.80. The van der Waals surface area contributed by atoms with Crippen molar-refractivity contribution in [3.63, 3.8) is 0 Å². The Hall–Kier alpha value is -1.56. The number of carbonyl (C=O) groups excluding carboxylic acids is 1. The zero-order valence-electron chi connectivity index (χ0n) is 10.4. The fraction of sp³-hybridized carbons (Fsp3) is 0.636. The molecule has 0 aliphatic heterocycles. The van der Waals surface area contributed by atoms with Gasteiger partial charge in [-0.2, -0.15) is 5.10 Å². The summed E-state index contributed by atoms with van der Waals surface area (Å²) in [6.07, 6.45) is 3.37. The minimum Gasteiger partial charge on any atom is -0.395 e. The maximum Gasteiger partial charge on any atom is 0.259 e. The van der Waals surface area contributed by atoms with Gasteiger partial charge in [0.25, 0.3) is 5.91 Å². The molecule has 0 bridgehead atoms. The smallest absolute Gasteiger partial charge is 0.259 e. The van der Waals surface area contributed by atoms with Crippen LogP contribution >= 0.6 is 0 Å². The highest BCUT2D eigenvalue weighted by molar-refractivity contribution is 5.98. The van der Waals surface area contributed by atoms with Crippen LogP contribution in [0.2, 0.25) is 0 Å². The molecule has 0 saturated carbocycles. The van der Waals surface area contributed by atoms with E-state index in [9.17, 15) is 4.79 Å². The predicted molar refractivity (Wildman–Crippen MR) is 65.5 cm³/mol. The third-order valence-electron chi connectivity index (χ3n) is 2.65. The summed E-state index contributed by atoms with van der Waals surface area (Å²) in [4.78, 5) is 13.8. The van der Waals surface area contributed by atoms with Gasteiger partial charge in [0, 0.05) is 20.1 Å². The Labute approximate surface area is 101 Å². The number of aryl methyl sites for hydroxylation is 1. The highest BCUT2D eigenvalue weighted by Crippen LogP contribution is 2.13. The summed E-state index contributed by atoms with van der Waals surface area (Å²) in [5.41, 5.74) is 6.16. The lowest BCUT2D eigenvalue weighted by atomic mass is 10.2. The lowest BCUT2D eigenvalue weighted by Crippen LogP contribution is -2.34. The molecule has 0 aliphatic carbocycles. The normalized spacial score (nSPS) is 10.5. The molecule has 1 aromatic heterocycles. The molecule has 96 valence electrons. The second kappa shape index (κ2) is 6.24. The summed E-state index contributed by atoms with van der Waals surface area (Å²) in [5.74, 6) is 0.188. The van der Waals surface area contributed by atoms with Crippen molar-refractivity contribution in [2.24, 2.45) is 7.05 Å². The Morgan fingerprint density at radius 1 is 1.59 bits per heavy atom. The monoisotopic (exact) mass is 240 g/mol. The van der Waals surface area contributed by atoms with Crippen molar-refractivity contribution in [2.45, 2.75) is 19.8 Å². The molecule has 1 rings (SSSR count). The molecule has 0 fully saturated rings. The maximum absolute atomic E-state index is 12.2. The molecule has 0 unspecified atom stereocenters. The van der Waals surface area contributed by atoms with E-state index in [1.54, 1.807) is 11.9 Å². The fourth-order valence-corrected chi connectivity index (χ4v) is 1.57. The first-order valence-electron chi connectivity index (χ1n) is 5.79. The molecule has 1 heterocycles. The van der Waals surface area contributed by atoms with Crippen molar-refractivity contribution >= 4 is 11.7 Å². The molecule has 0 atom stereocenters. The van der Waals surface area contributed by atoms with E-state index in [2.05, 4.69) is 12.0 Å². The molecule has 6 heteroatoms. The average molecular weight is 240 g/mol. The third kappa shape index (κ3) is 3.20. The second-order valence-electron chi connectivity index (χ2n) is 3.94. The molecule has 0 spiro atoms. The Morgan fingerprint density at radius 3 is 2.76 bits per heavy atom. The van der Waals surface area contributed by atoms with Crippen LogP contribution in [0.3, 0.4) is 0 Å². The van der Waals surface area contributed by atoms with Crippen molar-refractivity contribution in [2.75, 3.05) is 25.4 Å². The first-order valence-corrected chi connectivity index (χ1v) is 5.79. The van der Waals surface area contributed by atoms with Gasteiger partial charge in [-0.05, 0) is 6.42 Å². The molecule has 6 nitrogen and oxygen atoms in total. The molecule has 0 aromatic carbocycles. The molecule has 1 amide bonds. The van der Waals surface area contributed by atoms with E-state index in [-0.39, 0.29) is 12.5 Å². The van der Waals surface area contributed by atoms with Crippen molar-refractivity contribution < 1.29 is 9.90 Å². The van der Waals surface area contributed by atoms with E-state index in [4.69, 9.17) is 10.8 Å². The van der Waals surface area contributed by atoms with Crippen LogP contribution in [0, 0.1) is 0 Å². The van der Waals surface area contributed by atoms with Gasteiger partial charge in [-0.25, -0.2) is 0 Å². The van der Waals surface area contributed by atoms with Crippen LogP contribution in [0.5, 0.6) is 0 Å².